The van der Waals surface area contributed by atoms with Crippen LogP contribution in [0.25, 0.3) is 0 Å². The minimum Gasteiger partial charge on any atom is -0.498 e. The zero-order valence-electron chi connectivity index (χ0n) is 12.4. The molecule has 0 aliphatic rings. The van der Waals surface area contributed by atoms with Gasteiger partial charge in [0.15, 0.2) is 0 Å². The van der Waals surface area contributed by atoms with Gasteiger partial charge in [-0.2, -0.15) is 0 Å². The summed E-state index contributed by atoms with van der Waals surface area (Å²) in [7, 11) is 0. The fourth-order valence-corrected chi connectivity index (χ4v) is 1.43. The summed E-state index contributed by atoms with van der Waals surface area (Å²) in [5.41, 5.74) is 0. The van der Waals surface area contributed by atoms with Gasteiger partial charge in [-0.3, -0.25) is 9.59 Å². The smallest absolute Gasteiger partial charge is 0.305 e. The van der Waals surface area contributed by atoms with Crippen LogP contribution in [0.15, 0.2) is 25.7 Å². The Balaban J connectivity index is 3.33. The molecule has 120 valence electrons. The number of carbonyl (C=O) groups is 2. The molecule has 0 unspecified atom stereocenters. The van der Waals surface area contributed by atoms with E-state index in [9.17, 15) is 9.59 Å². The van der Waals surface area contributed by atoms with Gasteiger partial charge in [0.2, 0.25) is 0 Å². The SMILES string of the molecule is C=COCCOC(=O)CCCCCC(=O)OCCOC=C. The molecule has 0 heterocycles. The molecule has 0 fully saturated rings. The van der Waals surface area contributed by atoms with Gasteiger partial charge in [-0.25, -0.2) is 0 Å². The van der Waals surface area contributed by atoms with Gasteiger partial charge in [-0.05, 0) is 12.8 Å². The Labute approximate surface area is 125 Å². The monoisotopic (exact) mass is 300 g/mol. The minimum absolute atomic E-state index is 0.226. The highest BCUT2D eigenvalue weighted by atomic mass is 16.6. The van der Waals surface area contributed by atoms with E-state index < -0.39 is 0 Å². The van der Waals surface area contributed by atoms with Crippen molar-refractivity contribution in [2.75, 3.05) is 26.4 Å². The first kappa shape index (κ1) is 19.0. The molecule has 0 radical (unpaired) electrons. The molecule has 0 rings (SSSR count). The molecule has 0 saturated heterocycles. The van der Waals surface area contributed by atoms with Crippen molar-refractivity contribution >= 4 is 11.9 Å². The normalized spacial score (nSPS) is 9.52. The van der Waals surface area contributed by atoms with Crippen molar-refractivity contribution in [1.29, 1.82) is 0 Å². The summed E-state index contributed by atoms with van der Waals surface area (Å²) in [6.45, 7) is 7.84. The second kappa shape index (κ2) is 14.4. The van der Waals surface area contributed by atoms with Gasteiger partial charge in [-0.15, -0.1) is 0 Å². The van der Waals surface area contributed by atoms with Crippen molar-refractivity contribution in [2.45, 2.75) is 32.1 Å². The lowest BCUT2D eigenvalue weighted by atomic mass is 10.1. The van der Waals surface area contributed by atoms with Gasteiger partial charge >= 0.3 is 11.9 Å². The Morgan fingerprint density at radius 1 is 0.714 bits per heavy atom. The van der Waals surface area contributed by atoms with E-state index in [-0.39, 0.29) is 25.2 Å². The highest BCUT2D eigenvalue weighted by Crippen LogP contribution is 2.05. The summed E-state index contributed by atoms with van der Waals surface area (Å²) in [5, 5.41) is 0. The molecule has 0 N–H and O–H groups in total. The average Bonchev–Trinajstić information content (AvgIpc) is 2.48. The predicted octanol–water partition coefficient (Wildman–Crippen LogP) is 2.34. The summed E-state index contributed by atoms with van der Waals surface area (Å²) < 4.78 is 19.5. The molecular formula is C15H24O6. The molecule has 0 aliphatic heterocycles. The van der Waals surface area contributed by atoms with Gasteiger partial charge in [-0.1, -0.05) is 19.6 Å². The van der Waals surface area contributed by atoms with Crippen molar-refractivity contribution in [3.05, 3.63) is 25.7 Å². The molecule has 6 heteroatoms. The van der Waals surface area contributed by atoms with Gasteiger partial charge in [0, 0.05) is 12.8 Å². The number of hydrogen-bond donors (Lipinski definition) is 0. The predicted molar refractivity (Wildman–Crippen MR) is 77.3 cm³/mol. The van der Waals surface area contributed by atoms with Gasteiger partial charge in [0.25, 0.3) is 0 Å². The van der Waals surface area contributed by atoms with Crippen molar-refractivity contribution in [1.82, 2.24) is 0 Å². The van der Waals surface area contributed by atoms with Crippen LogP contribution in [0, 0.1) is 0 Å². The molecule has 21 heavy (non-hydrogen) atoms. The van der Waals surface area contributed by atoms with Crippen LogP contribution in [0.5, 0.6) is 0 Å². The first-order valence-corrected chi connectivity index (χ1v) is 6.97. The van der Waals surface area contributed by atoms with Crippen LogP contribution >= 0.6 is 0 Å². The highest BCUT2D eigenvalue weighted by Gasteiger charge is 2.05. The lowest BCUT2D eigenvalue weighted by Crippen LogP contribution is -2.10. The fraction of sp³-hybridized carbons (Fsp3) is 0.600. The number of ether oxygens (including phenoxy) is 4. The third kappa shape index (κ3) is 14.2. The van der Waals surface area contributed by atoms with E-state index in [0.29, 0.717) is 38.9 Å². The van der Waals surface area contributed by atoms with E-state index in [1.165, 1.54) is 12.5 Å². The molecule has 0 amide bonds. The van der Waals surface area contributed by atoms with E-state index >= 15 is 0 Å². The fourth-order valence-electron chi connectivity index (χ4n) is 1.43. The van der Waals surface area contributed by atoms with Crippen LogP contribution in [-0.4, -0.2) is 38.4 Å². The van der Waals surface area contributed by atoms with Crippen LogP contribution < -0.4 is 0 Å². The lowest BCUT2D eigenvalue weighted by molar-refractivity contribution is -0.145. The summed E-state index contributed by atoms with van der Waals surface area (Å²) in [6.07, 6.45) is 5.44. The summed E-state index contributed by atoms with van der Waals surface area (Å²) in [6, 6.07) is 0. The Bertz CT molecular complexity index is 283. The largest absolute Gasteiger partial charge is 0.498 e. The van der Waals surface area contributed by atoms with Crippen molar-refractivity contribution in [3.63, 3.8) is 0 Å². The molecule has 0 spiro atoms. The third-order valence-corrected chi connectivity index (χ3v) is 2.43. The van der Waals surface area contributed by atoms with Crippen molar-refractivity contribution < 1.29 is 28.5 Å². The maximum atomic E-state index is 11.3. The van der Waals surface area contributed by atoms with Crippen LogP contribution in [-0.2, 0) is 28.5 Å². The standard InChI is InChI=1S/C15H24O6/c1-3-18-10-12-20-14(16)8-6-5-7-9-15(17)21-13-11-19-4-2/h3-4H,1-2,5-13H2. The van der Waals surface area contributed by atoms with E-state index in [1.807, 2.05) is 0 Å². The maximum Gasteiger partial charge on any atom is 0.305 e. The molecule has 0 aliphatic carbocycles. The number of rotatable bonds is 14. The summed E-state index contributed by atoms with van der Waals surface area (Å²) in [5.74, 6) is -0.515. The van der Waals surface area contributed by atoms with Gasteiger partial charge in [0.05, 0.1) is 12.5 Å². The van der Waals surface area contributed by atoms with Crippen molar-refractivity contribution in [3.8, 4) is 0 Å². The lowest BCUT2D eigenvalue weighted by Gasteiger charge is -2.05. The van der Waals surface area contributed by atoms with Gasteiger partial charge < -0.3 is 18.9 Å². The zero-order valence-corrected chi connectivity index (χ0v) is 12.4. The molecule has 0 saturated carbocycles. The highest BCUT2D eigenvalue weighted by molar-refractivity contribution is 5.69. The Morgan fingerprint density at radius 2 is 1.14 bits per heavy atom. The molecule has 6 nitrogen and oxygen atoms in total. The molecule has 0 bridgehead atoms. The third-order valence-electron chi connectivity index (χ3n) is 2.43. The van der Waals surface area contributed by atoms with Crippen LogP contribution in [0.1, 0.15) is 32.1 Å². The summed E-state index contributed by atoms with van der Waals surface area (Å²) in [4.78, 5) is 22.6. The van der Waals surface area contributed by atoms with Crippen LogP contribution in [0.4, 0.5) is 0 Å². The quantitative estimate of drug-likeness (QED) is 0.278. The van der Waals surface area contributed by atoms with E-state index in [1.54, 1.807) is 0 Å². The summed E-state index contributed by atoms with van der Waals surface area (Å²) >= 11 is 0. The average molecular weight is 300 g/mol. The number of hydrogen-bond acceptors (Lipinski definition) is 6. The number of carbonyl (C=O) groups excluding carboxylic acids is 2. The molecule has 0 aromatic heterocycles. The molecule has 0 aromatic carbocycles. The van der Waals surface area contributed by atoms with Crippen LogP contribution in [0.3, 0.4) is 0 Å². The van der Waals surface area contributed by atoms with E-state index in [0.717, 1.165) is 6.42 Å². The second-order valence-corrected chi connectivity index (χ2v) is 4.08. The molecule has 0 atom stereocenters. The maximum absolute atomic E-state index is 11.3. The zero-order chi connectivity index (χ0) is 15.8. The van der Waals surface area contributed by atoms with Gasteiger partial charge in [0.1, 0.15) is 26.4 Å². The topological polar surface area (TPSA) is 71.1 Å². The Kier molecular flexibility index (Phi) is 13.1. The van der Waals surface area contributed by atoms with E-state index in [4.69, 9.17) is 18.9 Å². The Hall–Kier alpha value is -1.98. The Morgan fingerprint density at radius 3 is 1.52 bits per heavy atom. The molecular weight excluding hydrogens is 276 g/mol. The second-order valence-electron chi connectivity index (χ2n) is 4.08. The number of unbranched alkanes of at least 4 members (excludes halogenated alkanes) is 2. The molecule has 0 aromatic rings. The van der Waals surface area contributed by atoms with Crippen molar-refractivity contribution in [2.24, 2.45) is 0 Å². The minimum atomic E-state index is -0.258. The van der Waals surface area contributed by atoms with Crippen LogP contribution in [0.2, 0.25) is 0 Å². The first-order valence-electron chi connectivity index (χ1n) is 6.97. The van der Waals surface area contributed by atoms with E-state index in [2.05, 4.69) is 13.2 Å². The first-order chi connectivity index (χ1) is 10.2. The number of esters is 2.